The van der Waals surface area contributed by atoms with Crippen molar-refractivity contribution in [2.75, 3.05) is 23.9 Å². The van der Waals surface area contributed by atoms with Gasteiger partial charge in [-0.05, 0) is 12.2 Å². The lowest BCUT2D eigenvalue weighted by Crippen LogP contribution is -2.34. The monoisotopic (exact) mass is 242 g/mol. The first-order valence-corrected chi connectivity index (χ1v) is 4.47. The van der Waals surface area contributed by atoms with Gasteiger partial charge >= 0.3 is 6.09 Å². The van der Waals surface area contributed by atoms with Crippen molar-refractivity contribution in [1.29, 1.82) is 0 Å². The average Bonchev–Trinajstić information content (AvgIpc) is 2.22. The molecule has 0 saturated heterocycles. The van der Waals surface area contributed by atoms with Gasteiger partial charge in [0.25, 0.3) is 0 Å². The van der Waals surface area contributed by atoms with Crippen LogP contribution in [0.5, 0.6) is 0 Å². The Balaban J connectivity index is 2.66. The predicted molar refractivity (Wildman–Crippen MR) is 62.6 cm³/mol. The van der Waals surface area contributed by atoms with Gasteiger partial charge in [0.1, 0.15) is 5.69 Å². The summed E-state index contributed by atoms with van der Waals surface area (Å²) in [5.41, 5.74) is 11.2. The molecular formula is C7H10N6O2S. The van der Waals surface area contributed by atoms with E-state index in [-0.39, 0.29) is 16.9 Å². The van der Waals surface area contributed by atoms with Gasteiger partial charge in [0.2, 0.25) is 5.95 Å². The number of anilines is 3. The van der Waals surface area contributed by atoms with Gasteiger partial charge in [0, 0.05) is 0 Å². The normalized spacial score (nSPS) is 9.31. The van der Waals surface area contributed by atoms with Crippen molar-refractivity contribution in [1.82, 2.24) is 15.3 Å². The average molecular weight is 242 g/mol. The molecule has 1 rings (SSSR count). The minimum absolute atomic E-state index is 0.0203. The van der Waals surface area contributed by atoms with E-state index in [1.807, 2.05) is 0 Å². The molecule has 0 saturated carbocycles. The van der Waals surface area contributed by atoms with E-state index in [0.717, 1.165) is 0 Å². The zero-order chi connectivity index (χ0) is 12.1. The Kier molecular flexibility index (Phi) is 3.78. The molecule has 0 aromatic carbocycles. The minimum atomic E-state index is -0.688. The summed E-state index contributed by atoms with van der Waals surface area (Å²) in [7, 11) is 1.22. The van der Waals surface area contributed by atoms with Crippen molar-refractivity contribution in [3.05, 3.63) is 6.20 Å². The van der Waals surface area contributed by atoms with E-state index >= 15 is 0 Å². The number of nitrogens with one attached hydrogen (secondary N) is 2. The Bertz CT molecular complexity index is 423. The summed E-state index contributed by atoms with van der Waals surface area (Å²) in [5, 5.41) is 4.87. The van der Waals surface area contributed by atoms with Crippen molar-refractivity contribution >= 4 is 40.9 Å². The van der Waals surface area contributed by atoms with E-state index in [9.17, 15) is 4.79 Å². The van der Waals surface area contributed by atoms with E-state index < -0.39 is 6.09 Å². The fraction of sp³-hybridized carbons (Fsp3) is 0.143. The number of methoxy groups -OCH3 is 1. The van der Waals surface area contributed by atoms with E-state index in [1.165, 1.54) is 13.3 Å². The number of hydrogen-bond acceptors (Lipinski definition) is 7. The lowest BCUT2D eigenvalue weighted by atomic mass is 10.5. The molecule has 0 atom stereocenters. The van der Waals surface area contributed by atoms with E-state index in [2.05, 4.69) is 25.3 Å². The maximum absolute atomic E-state index is 10.8. The van der Waals surface area contributed by atoms with Crippen LogP contribution in [0.3, 0.4) is 0 Å². The Morgan fingerprint density at radius 2 is 2.25 bits per heavy atom. The summed E-state index contributed by atoms with van der Waals surface area (Å²) < 4.78 is 4.35. The van der Waals surface area contributed by atoms with Crippen molar-refractivity contribution < 1.29 is 9.53 Å². The molecule has 1 aromatic rings. The van der Waals surface area contributed by atoms with Crippen LogP contribution >= 0.6 is 12.2 Å². The second kappa shape index (κ2) is 5.07. The lowest BCUT2D eigenvalue weighted by molar-refractivity contribution is 0.177. The molecule has 0 spiro atoms. The Morgan fingerprint density at radius 3 is 2.81 bits per heavy atom. The number of nitrogen functional groups attached to an aromatic ring is 2. The molecule has 1 amide bonds. The first kappa shape index (κ1) is 11.9. The van der Waals surface area contributed by atoms with Gasteiger partial charge in [-0.15, -0.1) is 0 Å². The maximum atomic E-state index is 10.8. The van der Waals surface area contributed by atoms with Crippen molar-refractivity contribution in [2.24, 2.45) is 0 Å². The first-order valence-electron chi connectivity index (χ1n) is 4.07. The number of thiocarbonyl (C=S) groups is 1. The van der Waals surface area contributed by atoms with Gasteiger partial charge in [0.05, 0.1) is 13.3 Å². The molecule has 0 unspecified atom stereocenters. The highest BCUT2D eigenvalue weighted by Crippen LogP contribution is 2.14. The predicted octanol–water partition coefficient (Wildman–Crippen LogP) is -0.306. The Labute approximate surface area is 96.4 Å². The lowest BCUT2D eigenvalue weighted by Gasteiger charge is -2.09. The van der Waals surface area contributed by atoms with Crippen LogP contribution in [0.15, 0.2) is 6.20 Å². The molecular weight excluding hydrogens is 232 g/mol. The Morgan fingerprint density at radius 1 is 1.56 bits per heavy atom. The summed E-state index contributed by atoms with van der Waals surface area (Å²) >= 11 is 4.81. The number of rotatable bonds is 1. The van der Waals surface area contributed by atoms with Crippen LogP contribution in [-0.4, -0.2) is 28.3 Å². The zero-order valence-corrected chi connectivity index (χ0v) is 9.17. The highest BCUT2D eigenvalue weighted by molar-refractivity contribution is 7.80. The van der Waals surface area contributed by atoms with E-state index in [1.54, 1.807) is 0 Å². The smallest absolute Gasteiger partial charge is 0.413 e. The number of amides is 1. The number of alkyl carbamates (subject to hydrolysis) is 1. The minimum Gasteiger partial charge on any atom is -0.453 e. The number of nitrogens with two attached hydrogens (primary N) is 2. The standard InChI is InChI=1S/C7H10N6O2S/c1-15-7(14)13-6(16)11-3-2-10-5(9)12-4(3)8/h2H,1H3,(H4,8,9,10,12)(H2,11,13,14,16). The number of ether oxygens (including phenoxy) is 1. The third kappa shape index (κ3) is 3.20. The molecule has 6 N–H and O–H groups in total. The molecule has 9 heteroatoms. The second-order valence-electron chi connectivity index (χ2n) is 2.60. The van der Waals surface area contributed by atoms with Gasteiger partial charge in [-0.25, -0.2) is 9.78 Å². The first-order chi connectivity index (χ1) is 7.52. The van der Waals surface area contributed by atoms with Crippen LogP contribution in [0, 0.1) is 0 Å². The van der Waals surface area contributed by atoms with Crippen LogP contribution in [0.25, 0.3) is 0 Å². The molecule has 1 heterocycles. The Hall–Kier alpha value is -2.16. The molecule has 0 aliphatic carbocycles. The molecule has 8 nitrogen and oxygen atoms in total. The van der Waals surface area contributed by atoms with E-state index in [0.29, 0.717) is 5.69 Å². The van der Waals surface area contributed by atoms with Crippen LogP contribution in [0.2, 0.25) is 0 Å². The quantitative estimate of drug-likeness (QED) is 0.494. The zero-order valence-electron chi connectivity index (χ0n) is 8.35. The van der Waals surface area contributed by atoms with Crippen molar-refractivity contribution in [3.8, 4) is 0 Å². The summed E-state index contributed by atoms with van der Waals surface area (Å²) in [5.74, 6) is 0.177. The molecule has 1 aromatic heterocycles. The van der Waals surface area contributed by atoms with Gasteiger partial charge in [-0.2, -0.15) is 4.98 Å². The topological polar surface area (TPSA) is 128 Å². The fourth-order valence-electron chi connectivity index (χ4n) is 0.803. The van der Waals surface area contributed by atoms with Crippen molar-refractivity contribution in [2.45, 2.75) is 0 Å². The summed E-state index contributed by atoms with van der Waals surface area (Å²) in [6.07, 6.45) is 0.663. The molecule has 0 radical (unpaired) electrons. The van der Waals surface area contributed by atoms with Crippen LogP contribution in [0.1, 0.15) is 0 Å². The second-order valence-corrected chi connectivity index (χ2v) is 3.01. The number of aromatic nitrogens is 2. The molecule has 86 valence electrons. The van der Waals surface area contributed by atoms with Gasteiger partial charge in [-0.1, -0.05) is 0 Å². The number of carbonyl (C=O) groups is 1. The fourth-order valence-corrected chi connectivity index (χ4v) is 0.996. The summed E-state index contributed by atoms with van der Waals surface area (Å²) in [4.78, 5) is 18.2. The highest BCUT2D eigenvalue weighted by Gasteiger charge is 2.07. The summed E-state index contributed by atoms with van der Waals surface area (Å²) in [6, 6.07) is 0. The third-order valence-electron chi connectivity index (χ3n) is 1.49. The molecule has 0 fully saturated rings. The molecule has 0 aliphatic rings. The van der Waals surface area contributed by atoms with Crippen LogP contribution < -0.4 is 22.1 Å². The van der Waals surface area contributed by atoms with Crippen LogP contribution in [0.4, 0.5) is 22.2 Å². The largest absolute Gasteiger partial charge is 0.453 e. The van der Waals surface area contributed by atoms with Gasteiger partial charge in [0.15, 0.2) is 10.9 Å². The van der Waals surface area contributed by atoms with Gasteiger partial charge in [-0.3, -0.25) is 5.32 Å². The third-order valence-corrected chi connectivity index (χ3v) is 1.69. The summed E-state index contributed by atoms with van der Waals surface area (Å²) in [6.45, 7) is 0. The van der Waals surface area contributed by atoms with E-state index in [4.69, 9.17) is 23.7 Å². The number of carbonyl (C=O) groups excluding carboxylic acids is 1. The van der Waals surface area contributed by atoms with Crippen LogP contribution in [-0.2, 0) is 4.74 Å². The number of hydrogen-bond donors (Lipinski definition) is 4. The molecule has 16 heavy (non-hydrogen) atoms. The van der Waals surface area contributed by atoms with Crippen molar-refractivity contribution in [3.63, 3.8) is 0 Å². The maximum Gasteiger partial charge on any atom is 0.413 e. The SMILES string of the molecule is COC(=O)NC(=S)Nc1cnc(N)nc1N. The molecule has 0 aliphatic heterocycles. The molecule has 0 bridgehead atoms. The van der Waals surface area contributed by atoms with Gasteiger partial charge < -0.3 is 21.5 Å². The highest BCUT2D eigenvalue weighted by atomic mass is 32.1. The number of nitrogens with zero attached hydrogens (tertiary/aromatic N) is 2.